The van der Waals surface area contributed by atoms with Crippen molar-refractivity contribution < 1.29 is 27.3 Å². The van der Waals surface area contributed by atoms with Gasteiger partial charge in [-0.15, -0.1) is 0 Å². The van der Waals surface area contributed by atoms with Crippen LogP contribution in [-0.2, 0) is 27.3 Å². The molecule has 2 heteroatoms. The zero-order chi connectivity index (χ0) is 3.54. The molecule has 0 radical (unpaired) electrons. The van der Waals surface area contributed by atoms with Gasteiger partial charge in [0.2, 0.25) is 0 Å². The molecular formula is C4H5CdN. The van der Waals surface area contributed by atoms with Gasteiger partial charge in [0.25, 0.3) is 0 Å². The monoisotopic (exact) mass is 181 g/mol. The van der Waals surface area contributed by atoms with Gasteiger partial charge >= 0.3 is 0 Å². The molecule has 1 rings (SSSR count). The molecule has 0 aliphatic rings. The summed E-state index contributed by atoms with van der Waals surface area (Å²) in [6, 6.07) is 3.89. The van der Waals surface area contributed by atoms with Crippen molar-refractivity contribution in [3.8, 4) is 0 Å². The van der Waals surface area contributed by atoms with Crippen LogP contribution in [-0.4, -0.2) is 4.98 Å². The van der Waals surface area contributed by atoms with Crippen molar-refractivity contribution in [1.82, 2.24) is 4.98 Å². The number of rotatable bonds is 0. The van der Waals surface area contributed by atoms with E-state index >= 15 is 0 Å². The summed E-state index contributed by atoms with van der Waals surface area (Å²) in [5, 5.41) is 0. The van der Waals surface area contributed by atoms with Crippen LogP contribution < -0.4 is 0 Å². The number of hydrogen-bond acceptors (Lipinski definition) is 0. The predicted octanol–water partition coefficient (Wildman–Crippen LogP) is 1.01. The molecule has 0 unspecified atom stereocenters. The van der Waals surface area contributed by atoms with Crippen LogP contribution in [0.4, 0.5) is 0 Å². The number of nitrogens with one attached hydrogen (secondary N) is 1. The Balaban J connectivity index is 0.000000250. The maximum Gasteiger partial charge on any atom is 0.000496 e. The largest absolute Gasteiger partial charge is 0.368 e. The number of H-pyrrole nitrogens is 1. The fraction of sp³-hybridized carbons (Fsp3) is 0. The van der Waals surface area contributed by atoms with Crippen molar-refractivity contribution >= 4 is 0 Å². The SMILES string of the molecule is [Cd].c1cc[nH]c1. The number of hydrogen-bond donors (Lipinski definition) is 1. The van der Waals surface area contributed by atoms with Gasteiger partial charge in [-0.3, -0.25) is 0 Å². The second-order valence-electron chi connectivity index (χ2n) is 0.885. The number of aromatic nitrogens is 1. The molecule has 0 atom stereocenters. The molecule has 1 nitrogen and oxygen atoms in total. The topological polar surface area (TPSA) is 15.8 Å². The molecule has 6 heavy (non-hydrogen) atoms. The van der Waals surface area contributed by atoms with Gasteiger partial charge in [0, 0.05) is 39.7 Å². The maximum absolute atomic E-state index is 2.86. The Labute approximate surface area is 56.9 Å². The Kier molecular flexibility index (Phi) is 3.51. The van der Waals surface area contributed by atoms with Crippen molar-refractivity contribution in [3.05, 3.63) is 24.5 Å². The minimum absolute atomic E-state index is 0. The summed E-state index contributed by atoms with van der Waals surface area (Å²) in [4.78, 5) is 2.86. The third kappa shape index (κ3) is 1.59. The van der Waals surface area contributed by atoms with E-state index in [1.165, 1.54) is 0 Å². The molecule has 0 amide bonds. The third-order valence-electron chi connectivity index (χ3n) is 0.496. The molecule has 0 fully saturated rings. The van der Waals surface area contributed by atoms with Crippen molar-refractivity contribution in [3.63, 3.8) is 0 Å². The van der Waals surface area contributed by atoms with E-state index in [1.54, 1.807) is 0 Å². The van der Waals surface area contributed by atoms with E-state index in [4.69, 9.17) is 0 Å². The first-order valence-corrected chi connectivity index (χ1v) is 1.58. The van der Waals surface area contributed by atoms with Crippen LogP contribution in [0, 0.1) is 0 Å². The van der Waals surface area contributed by atoms with Crippen LogP contribution in [0.2, 0.25) is 0 Å². The summed E-state index contributed by atoms with van der Waals surface area (Å²) in [6.07, 6.45) is 3.75. The normalized spacial score (nSPS) is 6.67. The first-order chi connectivity index (χ1) is 2.50. The summed E-state index contributed by atoms with van der Waals surface area (Å²) in [5.74, 6) is 0. The van der Waals surface area contributed by atoms with Crippen LogP contribution in [0.3, 0.4) is 0 Å². The Bertz CT molecular complexity index is 64.0. The molecule has 0 bridgehead atoms. The summed E-state index contributed by atoms with van der Waals surface area (Å²) < 4.78 is 0. The fourth-order valence-electron chi connectivity index (χ4n) is 0.278. The summed E-state index contributed by atoms with van der Waals surface area (Å²) in [6.45, 7) is 0. The fourth-order valence-corrected chi connectivity index (χ4v) is 0.278. The Morgan fingerprint density at radius 1 is 1.00 bits per heavy atom. The average molecular weight is 180 g/mol. The Hall–Kier alpha value is 0.202. The molecule has 1 N–H and O–H groups in total. The second-order valence-corrected chi connectivity index (χ2v) is 0.885. The number of aromatic amines is 1. The van der Waals surface area contributed by atoms with Gasteiger partial charge in [-0.05, 0) is 12.1 Å². The van der Waals surface area contributed by atoms with E-state index in [-0.39, 0.29) is 27.3 Å². The molecule has 0 spiro atoms. The van der Waals surface area contributed by atoms with E-state index in [1.807, 2.05) is 24.5 Å². The standard InChI is InChI=1S/C4H5N.Cd/c1-2-4-5-3-1;/h1-5H;. The van der Waals surface area contributed by atoms with Crippen LogP contribution in [0.5, 0.6) is 0 Å². The van der Waals surface area contributed by atoms with Gasteiger partial charge in [-0.1, -0.05) is 0 Å². The molecule has 0 saturated carbocycles. The van der Waals surface area contributed by atoms with E-state index in [0.717, 1.165) is 0 Å². The van der Waals surface area contributed by atoms with Gasteiger partial charge in [-0.25, -0.2) is 0 Å². The van der Waals surface area contributed by atoms with Crippen molar-refractivity contribution in [2.24, 2.45) is 0 Å². The maximum atomic E-state index is 2.86. The smallest absolute Gasteiger partial charge is 0.000496 e. The van der Waals surface area contributed by atoms with E-state index < -0.39 is 0 Å². The molecule has 1 heterocycles. The van der Waals surface area contributed by atoms with Crippen LogP contribution in [0.1, 0.15) is 0 Å². The van der Waals surface area contributed by atoms with E-state index in [2.05, 4.69) is 4.98 Å². The molecular weight excluding hydrogens is 174 g/mol. The second kappa shape index (κ2) is 3.39. The minimum atomic E-state index is 0. The van der Waals surface area contributed by atoms with Crippen molar-refractivity contribution in [1.29, 1.82) is 0 Å². The van der Waals surface area contributed by atoms with Gasteiger partial charge < -0.3 is 4.98 Å². The average Bonchev–Trinajstić information content (AvgIpc) is 1.76. The third-order valence-corrected chi connectivity index (χ3v) is 0.496. The quantitative estimate of drug-likeness (QED) is 0.572. The molecule has 1 aromatic heterocycles. The van der Waals surface area contributed by atoms with E-state index in [9.17, 15) is 0 Å². The Morgan fingerprint density at radius 2 is 1.50 bits per heavy atom. The predicted molar refractivity (Wildman–Crippen MR) is 20.8 cm³/mol. The van der Waals surface area contributed by atoms with Crippen molar-refractivity contribution in [2.45, 2.75) is 0 Å². The first kappa shape index (κ1) is 6.20. The molecule has 1 aromatic rings. The molecule has 0 aromatic carbocycles. The van der Waals surface area contributed by atoms with Crippen LogP contribution in [0.15, 0.2) is 24.5 Å². The van der Waals surface area contributed by atoms with Gasteiger partial charge in [0.1, 0.15) is 0 Å². The zero-order valence-electron chi connectivity index (χ0n) is 3.52. The van der Waals surface area contributed by atoms with Crippen LogP contribution >= 0.6 is 0 Å². The first-order valence-electron chi connectivity index (χ1n) is 1.58. The Morgan fingerprint density at radius 3 is 1.67 bits per heavy atom. The molecule has 0 saturated heterocycles. The summed E-state index contributed by atoms with van der Waals surface area (Å²) >= 11 is 0. The van der Waals surface area contributed by atoms with Gasteiger partial charge in [0.15, 0.2) is 0 Å². The molecule has 0 aliphatic heterocycles. The van der Waals surface area contributed by atoms with Crippen LogP contribution in [0.25, 0.3) is 0 Å². The van der Waals surface area contributed by atoms with E-state index in [0.29, 0.717) is 0 Å². The summed E-state index contributed by atoms with van der Waals surface area (Å²) in [5.41, 5.74) is 0. The van der Waals surface area contributed by atoms with Gasteiger partial charge in [-0.2, -0.15) is 0 Å². The zero-order valence-corrected chi connectivity index (χ0v) is 7.55. The van der Waals surface area contributed by atoms with Crippen molar-refractivity contribution in [2.75, 3.05) is 0 Å². The van der Waals surface area contributed by atoms with Gasteiger partial charge in [0.05, 0.1) is 0 Å². The molecule has 28 valence electrons. The molecule has 0 aliphatic carbocycles. The summed E-state index contributed by atoms with van der Waals surface area (Å²) in [7, 11) is 0. The minimum Gasteiger partial charge on any atom is -0.368 e.